The Labute approximate surface area is 248 Å². The molecular weight excluding hydrogens is 560 g/mol. The van der Waals surface area contributed by atoms with Crippen LogP contribution >= 0.6 is 11.3 Å². The molecule has 42 heavy (non-hydrogen) atoms. The number of nitrogens with zero attached hydrogens (tertiary/aromatic N) is 2. The van der Waals surface area contributed by atoms with Gasteiger partial charge in [-0.2, -0.15) is 0 Å². The average molecular weight is 597 g/mol. The second-order valence-corrected chi connectivity index (χ2v) is 10.6. The SMILES string of the molecule is CCOC(=O)C1=C(C)N=c2s/c(=C\c3ccc(OC(C)C)c(OCC)c3)c(=O)n2[C@@H]1c1cc(OC)c(OC)c(OC)c1. The van der Waals surface area contributed by atoms with E-state index in [1.54, 1.807) is 32.1 Å². The van der Waals surface area contributed by atoms with Crippen LogP contribution in [-0.2, 0) is 9.53 Å². The van der Waals surface area contributed by atoms with Gasteiger partial charge in [-0.1, -0.05) is 17.4 Å². The zero-order valence-electron chi connectivity index (χ0n) is 25.1. The van der Waals surface area contributed by atoms with Gasteiger partial charge in [-0.05, 0) is 76.1 Å². The molecule has 0 N–H and O–H groups in total. The number of benzene rings is 2. The summed E-state index contributed by atoms with van der Waals surface area (Å²) in [6.07, 6.45) is 1.76. The van der Waals surface area contributed by atoms with Gasteiger partial charge in [-0.25, -0.2) is 9.79 Å². The van der Waals surface area contributed by atoms with Crippen LogP contribution in [0.25, 0.3) is 6.08 Å². The van der Waals surface area contributed by atoms with E-state index in [0.29, 0.717) is 55.9 Å². The Hall–Kier alpha value is -4.25. The molecule has 0 unspecified atom stereocenters. The standard InChI is InChI=1S/C31H36N2O8S/c1-9-39-22-13-19(11-12-21(22)41-17(3)4)14-25-29(34)33-27(20-15-23(36-6)28(38-8)24(16-20)37-7)26(30(35)40-10-2)18(5)32-31(33)42-25/h11-17,27H,9-10H2,1-8H3/b25-14-/t27-/m1/s1. The van der Waals surface area contributed by atoms with Crippen molar-refractivity contribution in [3.05, 3.63) is 72.4 Å². The molecule has 10 nitrogen and oxygen atoms in total. The lowest BCUT2D eigenvalue weighted by Crippen LogP contribution is -2.40. The first kappa shape index (κ1) is 30.7. The molecule has 1 aromatic heterocycles. The summed E-state index contributed by atoms with van der Waals surface area (Å²) >= 11 is 1.23. The number of carbonyl (C=O) groups is 1. The summed E-state index contributed by atoms with van der Waals surface area (Å²) in [5.74, 6) is 1.82. The van der Waals surface area contributed by atoms with E-state index in [-0.39, 0.29) is 23.8 Å². The summed E-state index contributed by atoms with van der Waals surface area (Å²) in [5.41, 5.74) is 1.72. The van der Waals surface area contributed by atoms with Gasteiger partial charge in [0, 0.05) is 0 Å². The first-order valence-electron chi connectivity index (χ1n) is 13.6. The summed E-state index contributed by atoms with van der Waals surface area (Å²) < 4.78 is 35.7. The van der Waals surface area contributed by atoms with Crippen LogP contribution in [0, 0.1) is 0 Å². The lowest BCUT2D eigenvalue weighted by Gasteiger charge is -2.26. The Morgan fingerprint density at radius 3 is 2.26 bits per heavy atom. The fourth-order valence-corrected chi connectivity index (χ4v) is 5.80. The van der Waals surface area contributed by atoms with Crippen LogP contribution < -0.4 is 38.6 Å². The number of fused-ring (bicyclic) bond motifs is 1. The number of ether oxygens (including phenoxy) is 6. The van der Waals surface area contributed by atoms with Crippen molar-refractivity contribution in [2.24, 2.45) is 4.99 Å². The van der Waals surface area contributed by atoms with E-state index in [2.05, 4.69) is 4.99 Å². The minimum absolute atomic E-state index is 0.0224. The molecule has 1 aliphatic heterocycles. The van der Waals surface area contributed by atoms with Gasteiger partial charge in [0.05, 0.1) is 62.5 Å². The molecule has 0 saturated carbocycles. The van der Waals surface area contributed by atoms with Gasteiger partial charge in [-0.3, -0.25) is 9.36 Å². The smallest absolute Gasteiger partial charge is 0.338 e. The summed E-state index contributed by atoms with van der Waals surface area (Å²) in [7, 11) is 4.53. The van der Waals surface area contributed by atoms with Crippen molar-refractivity contribution in [1.29, 1.82) is 0 Å². The largest absolute Gasteiger partial charge is 0.493 e. The van der Waals surface area contributed by atoms with Gasteiger partial charge >= 0.3 is 5.97 Å². The fourth-order valence-electron chi connectivity index (χ4n) is 4.75. The highest BCUT2D eigenvalue weighted by Crippen LogP contribution is 2.42. The number of thiazole rings is 1. The quantitative estimate of drug-likeness (QED) is 0.306. The summed E-state index contributed by atoms with van der Waals surface area (Å²) in [4.78, 5) is 32.4. The Balaban J connectivity index is 1.95. The minimum Gasteiger partial charge on any atom is -0.493 e. The number of esters is 1. The van der Waals surface area contributed by atoms with E-state index in [4.69, 9.17) is 28.4 Å². The molecule has 0 aliphatic carbocycles. The molecule has 0 amide bonds. The van der Waals surface area contributed by atoms with Gasteiger partial charge in [0.2, 0.25) is 5.75 Å². The molecule has 0 bridgehead atoms. The van der Waals surface area contributed by atoms with E-state index in [1.807, 2.05) is 39.0 Å². The van der Waals surface area contributed by atoms with Gasteiger partial charge in [0.15, 0.2) is 27.8 Å². The van der Waals surface area contributed by atoms with Crippen LogP contribution in [0.4, 0.5) is 0 Å². The maximum absolute atomic E-state index is 14.1. The number of aromatic nitrogens is 1. The van der Waals surface area contributed by atoms with E-state index in [1.165, 1.54) is 37.2 Å². The fraction of sp³-hybridized carbons (Fsp3) is 0.387. The summed E-state index contributed by atoms with van der Waals surface area (Å²) in [6.45, 7) is 9.88. The summed E-state index contributed by atoms with van der Waals surface area (Å²) in [5, 5.41) is 0. The average Bonchev–Trinajstić information content (AvgIpc) is 3.26. The number of hydrogen-bond donors (Lipinski definition) is 0. The number of hydrogen-bond acceptors (Lipinski definition) is 10. The molecule has 2 heterocycles. The molecular formula is C31H36N2O8S. The molecule has 0 fully saturated rings. The normalized spacial score (nSPS) is 14.8. The maximum atomic E-state index is 14.1. The van der Waals surface area contributed by atoms with E-state index >= 15 is 0 Å². The molecule has 0 radical (unpaired) electrons. The molecule has 11 heteroatoms. The molecule has 3 aromatic rings. The molecule has 224 valence electrons. The van der Waals surface area contributed by atoms with E-state index < -0.39 is 12.0 Å². The second-order valence-electron chi connectivity index (χ2n) is 9.57. The van der Waals surface area contributed by atoms with Crippen molar-refractivity contribution >= 4 is 23.4 Å². The zero-order valence-corrected chi connectivity index (χ0v) is 25.9. The van der Waals surface area contributed by atoms with E-state index in [9.17, 15) is 9.59 Å². The van der Waals surface area contributed by atoms with Crippen molar-refractivity contribution in [2.45, 2.75) is 46.8 Å². The summed E-state index contributed by atoms with van der Waals surface area (Å²) in [6, 6.07) is 8.13. The highest BCUT2D eigenvalue weighted by atomic mass is 32.1. The van der Waals surface area contributed by atoms with Crippen LogP contribution in [0.3, 0.4) is 0 Å². The first-order chi connectivity index (χ1) is 20.2. The second kappa shape index (κ2) is 13.2. The third-order valence-corrected chi connectivity index (χ3v) is 7.43. The highest BCUT2D eigenvalue weighted by Gasteiger charge is 2.34. The van der Waals surface area contributed by atoms with Crippen molar-refractivity contribution in [2.75, 3.05) is 34.5 Å². The Kier molecular flexibility index (Phi) is 9.62. The molecule has 1 atom stereocenters. The predicted molar refractivity (Wildman–Crippen MR) is 160 cm³/mol. The Morgan fingerprint density at radius 1 is 1.00 bits per heavy atom. The molecule has 0 spiro atoms. The van der Waals surface area contributed by atoms with Crippen LogP contribution in [0.2, 0.25) is 0 Å². The number of carbonyl (C=O) groups excluding carboxylic acids is 1. The van der Waals surface area contributed by atoms with Crippen LogP contribution in [0.15, 0.2) is 51.4 Å². The highest BCUT2D eigenvalue weighted by molar-refractivity contribution is 7.07. The molecule has 0 saturated heterocycles. The van der Waals surface area contributed by atoms with Crippen LogP contribution in [0.1, 0.15) is 51.8 Å². The molecule has 2 aromatic carbocycles. The molecule has 4 rings (SSSR count). The van der Waals surface area contributed by atoms with Gasteiger partial charge in [0.1, 0.15) is 0 Å². The van der Waals surface area contributed by atoms with Gasteiger partial charge in [0.25, 0.3) is 5.56 Å². The zero-order chi connectivity index (χ0) is 30.6. The van der Waals surface area contributed by atoms with Crippen LogP contribution in [-0.4, -0.2) is 51.2 Å². The van der Waals surface area contributed by atoms with Crippen LogP contribution in [0.5, 0.6) is 28.7 Å². The van der Waals surface area contributed by atoms with Gasteiger partial charge in [-0.15, -0.1) is 0 Å². The maximum Gasteiger partial charge on any atom is 0.338 e. The molecule has 1 aliphatic rings. The monoisotopic (exact) mass is 596 g/mol. The lowest BCUT2D eigenvalue weighted by atomic mass is 9.95. The van der Waals surface area contributed by atoms with Crippen molar-refractivity contribution in [1.82, 2.24) is 4.57 Å². The predicted octanol–water partition coefficient (Wildman–Crippen LogP) is 4.01. The topological polar surface area (TPSA) is 107 Å². The number of methoxy groups -OCH3 is 3. The van der Waals surface area contributed by atoms with Crippen molar-refractivity contribution < 1.29 is 33.2 Å². The third-order valence-electron chi connectivity index (χ3n) is 6.45. The third kappa shape index (κ3) is 6.01. The van der Waals surface area contributed by atoms with Crippen molar-refractivity contribution in [3.8, 4) is 28.7 Å². The minimum atomic E-state index is -0.850. The van der Waals surface area contributed by atoms with Crippen molar-refractivity contribution in [3.63, 3.8) is 0 Å². The number of allylic oxidation sites excluding steroid dienone is 1. The first-order valence-corrected chi connectivity index (χ1v) is 14.4. The lowest BCUT2D eigenvalue weighted by molar-refractivity contribution is -0.139. The Bertz CT molecular complexity index is 1660. The number of rotatable bonds is 11. The van der Waals surface area contributed by atoms with E-state index in [0.717, 1.165) is 5.56 Å². The Morgan fingerprint density at radius 2 is 1.69 bits per heavy atom. The van der Waals surface area contributed by atoms with Gasteiger partial charge < -0.3 is 28.4 Å².